The number of pyridine rings is 1. The van der Waals surface area contributed by atoms with E-state index in [1.807, 2.05) is 36.4 Å². The van der Waals surface area contributed by atoms with Crippen LogP contribution in [0.15, 0.2) is 113 Å². The van der Waals surface area contributed by atoms with Crippen LogP contribution in [0.3, 0.4) is 0 Å². The number of nitrogen functional groups attached to an aromatic ring is 1. The molecule has 0 bridgehead atoms. The maximum atomic E-state index is 13.9. The van der Waals surface area contributed by atoms with Crippen LogP contribution in [0.4, 0.5) is 5.82 Å². The van der Waals surface area contributed by atoms with E-state index in [0.29, 0.717) is 45.3 Å². The van der Waals surface area contributed by atoms with Crippen LogP contribution in [0.1, 0.15) is 5.56 Å². The third kappa shape index (κ3) is 3.92. The maximum Gasteiger partial charge on any atom is 0.339 e. The number of imidazole rings is 1. The Hall–Kier alpha value is -5.44. The Balaban J connectivity index is 1.49. The molecule has 0 saturated heterocycles. The predicted molar refractivity (Wildman–Crippen MR) is 146 cm³/mol. The summed E-state index contributed by atoms with van der Waals surface area (Å²) < 4.78 is 10.4. The van der Waals surface area contributed by atoms with Crippen molar-refractivity contribution in [1.29, 1.82) is 0 Å². The molecule has 9 nitrogen and oxygen atoms in total. The van der Waals surface area contributed by atoms with Crippen LogP contribution in [0.2, 0.25) is 0 Å². The second-order valence-electron chi connectivity index (χ2n) is 8.68. The van der Waals surface area contributed by atoms with Gasteiger partial charge in [-0.15, -0.1) is 0 Å². The molecule has 186 valence electrons. The van der Waals surface area contributed by atoms with Crippen molar-refractivity contribution in [3.8, 4) is 28.6 Å². The number of para-hydroxylation sites is 1. The summed E-state index contributed by atoms with van der Waals surface area (Å²) in [6.45, 7) is 1.76. The summed E-state index contributed by atoms with van der Waals surface area (Å²) in [5.41, 5.74) is 8.81. The van der Waals surface area contributed by atoms with Gasteiger partial charge in [-0.05, 0) is 67.6 Å². The van der Waals surface area contributed by atoms with E-state index >= 15 is 0 Å². The number of rotatable bonds is 5. The van der Waals surface area contributed by atoms with Gasteiger partial charge in [-0.3, -0.25) is 13.9 Å². The van der Waals surface area contributed by atoms with E-state index in [1.165, 1.54) is 20.0 Å². The minimum atomic E-state index is -0.377. The van der Waals surface area contributed by atoms with Crippen LogP contribution >= 0.6 is 0 Å². The number of nitrogens with zero attached hydrogens (tertiary/aromatic N) is 5. The lowest BCUT2D eigenvalue weighted by Gasteiger charge is -2.09. The highest BCUT2D eigenvalue weighted by atomic mass is 16.5. The van der Waals surface area contributed by atoms with E-state index < -0.39 is 0 Å². The Kier molecular flexibility index (Phi) is 5.57. The molecule has 0 spiro atoms. The first kappa shape index (κ1) is 23.0. The highest BCUT2D eigenvalue weighted by Crippen LogP contribution is 2.26. The molecule has 3 aromatic heterocycles. The van der Waals surface area contributed by atoms with Crippen molar-refractivity contribution >= 4 is 17.0 Å². The molecule has 6 rings (SSSR count). The summed E-state index contributed by atoms with van der Waals surface area (Å²) in [7, 11) is 0. The molecular weight excluding hydrogens is 480 g/mol. The molecule has 3 heterocycles. The van der Waals surface area contributed by atoms with Crippen LogP contribution in [-0.2, 0) is 0 Å². The summed E-state index contributed by atoms with van der Waals surface area (Å²) >= 11 is 0. The molecule has 38 heavy (non-hydrogen) atoms. The Bertz CT molecular complexity index is 1900. The lowest BCUT2D eigenvalue weighted by molar-refractivity contribution is 0.482. The zero-order chi connectivity index (χ0) is 26.2. The second-order valence-corrected chi connectivity index (χ2v) is 8.68. The standard InChI is InChI=1S/C29H22N6O3/c1-19-7-6-16-33(28(19)36)21-8-5-9-22(17-21)35-27-25(26(30)31-18-32-27)34(29(35)37)20-12-14-24(15-13-20)38-23-10-3-2-4-11-23/h2-18H,1H3,(H2,30,31,32). The molecular formula is C29H22N6O3. The van der Waals surface area contributed by atoms with Crippen molar-refractivity contribution in [1.82, 2.24) is 23.7 Å². The average Bonchev–Trinajstić information content (AvgIpc) is 3.24. The van der Waals surface area contributed by atoms with Gasteiger partial charge in [0.15, 0.2) is 11.5 Å². The SMILES string of the molecule is Cc1cccn(-c2cccc(-n3c(=O)n(-c4ccc(Oc5ccccc5)cc4)c4c(N)ncnc43)c2)c1=O. The van der Waals surface area contributed by atoms with Crippen molar-refractivity contribution in [2.75, 3.05) is 5.73 Å². The van der Waals surface area contributed by atoms with Crippen molar-refractivity contribution in [3.63, 3.8) is 0 Å². The van der Waals surface area contributed by atoms with Gasteiger partial charge >= 0.3 is 5.69 Å². The van der Waals surface area contributed by atoms with Gasteiger partial charge in [0.1, 0.15) is 23.3 Å². The number of hydrogen-bond acceptors (Lipinski definition) is 6. The first-order chi connectivity index (χ1) is 18.5. The van der Waals surface area contributed by atoms with E-state index in [0.717, 1.165) is 0 Å². The molecule has 0 aliphatic carbocycles. The Labute approximate surface area is 216 Å². The third-order valence-corrected chi connectivity index (χ3v) is 6.23. The monoisotopic (exact) mass is 502 g/mol. The smallest absolute Gasteiger partial charge is 0.339 e. The molecule has 6 aromatic rings. The Morgan fingerprint density at radius 2 is 1.47 bits per heavy atom. The van der Waals surface area contributed by atoms with Gasteiger partial charge in [-0.25, -0.2) is 19.3 Å². The molecule has 0 aliphatic heterocycles. The van der Waals surface area contributed by atoms with Gasteiger partial charge in [0.25, 0.3) is 5.56 Å². The number of benzene rings is 3. The largest absolute Gasteiger partial charge is 0.457 e. The van der Waals surface area contributed by atoms with Crippen molar-refractivity contribution in [2.24, 2.45) is 0 Å². The molecule has 0 radical (unpaired) electrons. The van der Waals surface area contributed by atoms with Crippen molar-refractivity contribution in [2.45, 2.75) is 6.92 Å². The number of nitrogens with two attached hydrogens (primary N) is 1. The van der Waals surface area contributed by atoms with Crippen LogP contribution in [-0.4, -0.2) is 23.7 Å². The number of anilines is 1. The fourth-order valence-electron chi connectivity index (χ4n) is 4.39. The number of aromatic nitrogens is 5. The first-order valence-electron chi connectivity index (χ1n) is 11.9. The summed E-state index contributed by atoms with van der Waals surface area (Å²) in [4.78, 5) is 35.1. The van der Waals surface area contributed by atoms with Crippen LogP contribution in [0, 0.1) is 6.92 Å². The number of fused-ring (bicyclic) bond motifs is 1. The van der Waals surface area contributed by atoms with Crippen molar-refractivity contribution < 1.29 is 4.74 Å². The maximum absolute atomic E-state index is 13.9. The van der Waals surface area contributed by atoms with Gasteiger partial charge < -0.3 is 10.5 Å². The molecule has 0 saturated carbocycles. The Morgan fingerprint density at radius 1 is 0.737 bits per heavy atom. The predicted octanol–water partition coefficient (Wildman–Crippen LogP) is 4.41. The summed E-state index contributed by atoms with van der Waals surface area (Å²) in [6, 6.07) is 27.3. The van der Waals surface area contributed by atoms with E-state index in [-0.39, 0.29) is 17.1 Å². The normalized spacial score (nSPS) is 11.1. The van der Waals surface area contributed by atoms with Crippen LogP contribution < -0.4 is 21.7 Å². The first-order valence-corrected chi connectivity index (χ1v) is 11.9. The quantitative estimate of drug-likeness (QED) is 0.374. The lowest BCUT2D eigenvalue weighted by atomic mass is 10.2. The van der Waals surface area contributed by atoms with Gasteiger partial charge in [0.05, 0.1) is 17.1 Å². The minimum Gasteiger partial charge on any atom is -0.457 e. The summed E-state index contributed by atoms with van der Waals surface area (Å²) in [6.07, 6.45) is 3.02. The van der Waals surface area contributed by atoms with Gasteiger partial charge in [0, 0.05) is 11.8 Å². The highest BCUT2D eigenvalue weighted by molar-refractivity contribution is 5.85. The zero-order valence-corrected chi connectivity index (χ0v) is 20.4. The molecule has 9 heteroatoms. The molecule has 0 unspecified atom stereocenters. The summed E-state index contributed by atoms with van der Waals surface area (Å²) in [5.74, 6) is 1.50. The number of hydrogen-bond donors (Lipinski definition) is 1. The van der Waals surface area contributed by atoms with E-state index in [4.69, 9.17) is 10.5 Å². The van der Waals surface area contributed by atoms with E-state index in [9.17, 15) is 9.59 Å². The van der Waals surface area contributed by atoms with Crippen LogP contribution in [0.5, 0.6) is 11.5 Å². The number of ether oxygens (including phenoxy) is 1. The highest BCUT2D eigenvalue weighted by Gasteiger charge is 2.20. The Morgan fingerprint density at radius 3 is 2.26 bits per heavy atom. The number of aryl methyl sites for hydroxylation is 1. The molecule has 0 atom stereocenters. The lowest BCUT2D eigenvalue weighted by Crippen LogP contribution is -2.23. The topological polar surface area (TPSA) is 110 Å². The molecule has 3 aromatic carbocycles. The fourth-order valence-corrected chi connectivity index (χ4v) is 4.39. The van der Waals surface area contributed by atoms with E-state index in [2.05, 4.69) is 9.97 Å². The van der Waals surface area contributed by atoms with Gasteiger partial charge in [0.2, 0.25) is 0 Å². The third-order valence-electron chi connectivity index (χ3n) is 6.23. The second kappa shape index (κ2) is 9.21. The summed E-state index contributed by atoms with van der Waals surface area (Å²) in [5, 5.41) is 0. The van der Waals surface area contributed by atoms with E-state index in [1.54, 1.807) is 67.7 Å². The molecule has 0 fully saturated rings. The molecule has 2 N–H and O–H groups in total. The van der Waals surface area contributed by atoms with Crippen LogP contribution in [0.25, 0.3) is 28.2 Å². The van der Waals surface area contributed by atoms with Gasteiger partial charge in [-0.2, -0.15) is 0 Å². The fraction of sp³-hybridized carbons (Fsp3) is 0.0345. The average molecular weight is 503 g/mol. The molecule has 0 amide bonds. The van der Waals surface area contributed by atoms with Gasteiger partial charge in [-0.1, -0.05) is 30.3 Å². The minimum absolute atomic E-state index is 0.135. The molecule has 0 aliphatic rings. The van der Waals surface area contributed by atoms with Crippen molar-refractivity contribution in [3.05, 3.63) is 130 Å². The zero-order valence-electron chi connectivity index (χ0n) is 20.4.